The standard InChI is InChI=1S/C17H10F3NO2/c18-17(19,20)13-8-6-11(7-9-13)10-14-15(21-23-16(14)22)12-4-2-1-3-5-12/h1-10H/b14-10-. The highest BCUT2D eigenvalue weighted by atomic mass is 19.4. The van der Waals surface area contributed by atoms with E-state index in [1.807, 2.05) is 6.07 Å². The molecule has 116 valence electrons. The first-order valence-electron chi connectivity index (χ1n) is 6.69. The Morgan fingerprint density at radius 1 is 0.957 bits per heavy atom. The van der Waals surface area contributed by atoms with Crippen LogP contribution in [0, 0.1) is 0 Å². The van der Waals surface area contributed by atoms with Crippen LogP contribution in [0.2, 0.25) is 0 Å². The third-order valence-corrected chi connectivity index (χ3v) is 3.29. The zero-order chi connectivity index (χ0) is 16.4. The molecule has 0 radical (unpaired) electrons. The molecular weight excluding hydrogens is 307 g/mol. The van der Waals surface area contributed by atoms with Crippen LogP contribution >= 0.6 is 0 Å². The van der Waals surface area contributed by atoms with E-state index in [2.05, 4.69) is 9.99 Å². The average molecular weight is 317 g/mol. The normalized spacial score (nSPS) is 16.4. The van der Waals surface area contributed by atoms with E-state index in [1.54, 1.807) is 24.3 Å². The number of benzene rings is 2. The molecule has 1 aliphatic heterocycles. The number of hydrogen-bond donors (Lipinski definition) is 0. The van der Waals surface area contributed by atoms with Crippen molar-refractivity contribution in [1.82, 2.24) is 0 Å². The van der Waals surface area contributed by atoms with Crippen molar-refractivity contribution in [3.05, 3.63) is 76.9 Å². The molecule has 6 heteroatoms. The fourth-order valence-electron chi connectivity index (χ4n) is 2.15. The fourth-order valence-corrected chi connectivity index (χ4v) is 2.15. The van der Waals surface area contributed by atoms with Crippen molar-refractivity contribution >= 4 is 17.8 Å². The lowest BCUT2D eigenvalue weighted by molar-refractivity contribution is -0.138. The van der Waals surface area contributed by atoms with Gasteiger partial charge >= 0.3 is 12.1 Å². The lowest BCUT2D eigenvalue weighted by Crippen LogP contribution is -2.07. The van der Waals surface area contributed by atoms with E-state index in [-0.39, 0.29) is 5.57 Å². The monoisotopic (exact) mass is 317 g/mol. The number of nitrogens with zero attached hydrogens (tertiary/aromatic N) is 1. The summed E-state index contributed by atoms with van der Waals surface area (Å²) in [5.41, 5.74) is 0.962. The maximum atomic E-state index is 12.6. The second kappa shape index (κ2) is 5.72. The van der Waals surface area contributed by atoms with Crippen LogP contribution < -0.4 is 0 Å². The first kappa shape index (κ1) is 15.0. The molecule has 0 N–H and O–H groups in total. The maximum absolute atomic E-state index is 12.6. The molecule has 2 aromatic rings. The van der Waals surface area contributed by atoms with Crippen LogP contribution in [0.25, 0.3) is 6.08 Å². The van der Waals surface area contributed by atoms with E-state index in [9.17, 15) is 18.0 Å². The third kappa shape index (κ3) is 3.15. The number of carbonyl (C=O) groups is 1. The molecule has 0 atom stereocenters. The summed E-state index contributed by atoms with van der Waals surface area (Å²) in [6.45, 7) is 0. The molecule has 1 aliphatic rings. The van der Waals surface area contributed by atoms with Crippen molar-refractivity contribution in [3.8, 4) is 0 Å². The molecule has 0 bridgehead atoms. The SMILES string of the molecule is O=C1ON=C(c2ccccc2)/C1=C/c1ccc(C(F)(F)F)cc1. The van der Waals surface area contributed by atoms with Gasteiger partial charge in [-0.1, -0.05) is 47.6 Å². The second-order valence-corrected chi connectivity index (χ2v) is 4.86. The summed E-state index contributed by atoms with van der Waals surface area (Å²) < 4.78 is 37.7. The van der Waals surface area contributed by atoms with Gasteiger partial charge in [-0.2, -0.15) is 13.2 Å². The van der Waals surface area contributed by atoms with Gasteiger partial charge in [0.05, 0.1) is 11.1 Å². The molecule has 0 spiro atoms. The Hall–Kier alpha value is -2.89. The number of carbonyl (C=O) groups excluding carboxylic acids is 1. The Morgan fingerprint density at radius 3 is 2.22 bits per heavy atom. The number of hydrogen-bond acceptors (Lipinski definition) is 3. The Labute approximate surface area is 129 Å². The summed E-state index contributed by atoms with van der Waals surface area (Å²) in [7, 11) is 0. The van der Waals surface area contributed by atoms with Gasteiger partial charge in [-0.25, -0.2) is 4.79 Å². The van der Waals surface area contributed by atoms with E-state index in [0.29, 0.717) is 16.8 Å². The van der Waals surface area contributed by atoms with E-state index < -0.39 is 17.7 Å². The summed E-state index contributed by atoms with van der Waals surface area (Å²) >= 11 is 0. The Bertz CT molecular complexity index is 791. The topological polar surface area (TPSA) is 38.7 Å². The molecule has 0 unspecified atom stereocenters. The minimum atomic E-state index is -4.39. The molecule has 0 amide bonds. The number of halogens is 3. The van der Waals surface area contributed by atoms with E-state index in [4.69, 9.17) is 0 Å². The molecular formula is C17H10F3NO2. The van der Waals surface area contributed by atoms with Crippen LogP contribution in [0.4, 0.5) is 13.2 Å². The second-order valence-electron chi connectivity index (χ2n) is 4.86. The van der Waals surface area contributed by atoms with E-state index in [1.165, 1.54) is 18.2 Å². The van der Waals surface area contributed by atoms with Crippen LogP contribution in [-0.4, -0.2) is 11.7 Å². The van der Waals surface area contributed by atoms with Crippen LogP contribution in [0.1, 0.15) is 16.7 Å². The third-order valence-electron chi connectivity index (χ3n) is 3.29. The predicted octanol–water partition coefficient (Wildman–Crippen LogP) is 4.05. The van der Waals surface area contributed by atoms with E-state index >= 15 is 0 Å². The van der Waals surface area contributed by atoms with Gasteiger partial charge in [0.25, 0.3) is 0 Å². The first-order chi connectivity index (χ1) is 10.9. The van der Waals surface area contributed by atoms with Gasteiger partial charge in [0.2, 0.25) is 0 Å². The van der Waals surface area contributed by atoms with Crippen molar-refractivity contribution in [2.24, 2.45) is 5.16 Å². The van der Waals surface area contributed by atoms with Gasteiger partial charge in [-0.05, 0) is 23.8 Å². The largest absolute Gasteiger partial charge is 0.416 e. The molecule has 0 saturated carbocycles. The maximum Gasteiger partial charge on any atom is 0.416 e. The molecule has 3 rings (SSSR count). The van der Waals surface area contributed by atoms with Crippen molar-refractivity contribution in [3.63, 3.8) is 0 Å². The quantitative estimate of drug-likeness (QED) is 0.619. The zero-order valence-electron chi connectivity index (χ0n) is 11.7. The molecule has 0 fully saturated rings. The van der Waals surface area contributed by atoms with Gasteiger partial charge in [-0.3, -0.25) is 0 Å². The smallest absolute Gasteiger partial charge is 0.312 e. The highest BCUT2D eigenvalue weighted by Crippen LogP contribution is 2.29. The molecule has 23 heavy (non-hydrogen) atoms. The van der Waals surface area contributed by atoms with Crippen LogP contribution in [0.3, 0.4) is 0 Å². The lowest BCUT2D eigenvalue weighted by Gasteiger charge is -2.06. The lowest BCUT2D eigenvalue weighted by atomic mass is 10.0. The molecule has 1 heterocycles. The molecule has 3 nitrogen and oxygen atoms in total. The molecule has 2 aromatic carbocycles. The Morgan fingerprint density at radius 2 is 1.61 bits per heavy atom. The number of alkyl halides is 3. The van der Waals surface area contributed by atoms with E-state index in [0.717, 1.165) is 12.1 Å². The Balaban J connectivity index is 1.94. The first-order valence-corrected chi connectivity index (χ1v) is 6.69. The van der Waals surface area contributed by atoms with Gasteiger partial charge in [0, 0.05) is 5.56 Å². The predicted molar refractivity (Wildman–Crippen MR) is 78.5 cm³/mol. The summed E-state index contributed by atoms with van der Waals surface area (Å²) in [6, 6.07) is 13.4. The summed E-state index contributed by atoms with van der Waals surface area (Å²) in [4.78, 5) is 16.5. The van der Waals surface area contributed by atoms with Gasteiger partial charge in [0.15, 0.2) is 0 Å². The molecule has 0 aromatic heterocycles. The average Bonchev–Trinajstić information content (AvgIpc) is 2.89. The van der Waals surface area contributed by atoms with Crippen molar-refractivity contribution in [1.29, 1.82) is 0 Å². The van der Waals surface area contributed by atoms with Crippen LogP contribution in [-0.2, 0) is 15.8 Å². The minimum Gasteiger partial charge on any atom is -0.312 e. The summed E-state index contributed by atoms with van der Waals surface area (Å²) in [6.07, 6.45) is -2.93. The van der Waals surface area contributed by atoms with Gasteiger partial charge in [0.1, 0.15) is 5.71 Å². The zero-order valence-corrected chi connectivity index (χ0v) is 11.7. The summed E-state index contributed by atoms with van der Waals surface area (Å²) in [5, 5.41) is 3.74. The van der Waals surface area contributed by atoms with Crippen molar-refractivity contribution < 1.29 is 22.8 Å². The highest BCUT2D eigenvalue weighted by molar-refractivity contribution is 6.31. The fraction of sp³-hybridized carbons (Fsp3) is 0.0588. The van der Waals surface area contributed by atoms with Crippen molar-refractivity contribution in [2.45, 2.75) is 6.18 Å². The highest BCUT2D eigenvalue weighted by Gasteiger charge is 2.30. The molecule has 0 aliphatic carbocycles. The minimum absolute atomic E-state index is 0.205. The molecule has 0 saturated heterocycles. The van der Waals surface area contributed by atoms with Crippen LogP contribution in [0.5, 0.6) is 0 Å². The summed E-state index contributed by atoms with van der Waals surface area (Å²) in [5.74, 6) is -0.635. The number of rotatable bonds is 2. The Kier molecular flexibility index (Phi) is 3.73. The van der Waals surface area contributed by atoms with Crippen LogP contribution in [0.15, 0.2) is 65.3 Å². The van der Waals surface area contributed by atoms with Gasteiger partial charge < -0.3 is 4.84 Å². The van der Waals surface area contributed by atoms with Gasteiger partial charge in [-0.15, -0.1) is 0 Å². The number of oxime groups is 1. The van der Waals surface area contributed by atoms with Crippen molar-refractivity contribution in [2.75, 3.05) is 0 Å².